The van der Waals surface area contributed by atoms with Crippen molar-refractivity contribution >= 4 is 17.5 Å². The molecule has 0 unspecified atom stereocenters. The van der Waals surface area contributed by atoms with Gasteiger partial charge in [-0.05, 0) is 5.56 Å². The van der Waals surface area contributed by atoms with Crippen LogP contribution in [0.25, 0.3) is 11.1 Å². The van der Waals surface area contributed by atoms with E-state index in [0.717, 1.165) is 0 Å². The van der Waals surface area contributed by atoms with E-state index < -0.39 is 17.5 Å². The summed E-state index contributed by atoms with van der Waals surface area (Å²) in [5.41, 5.74) is 1.07. The number of benzene rings is 1. The normalized spacial score (nSPS) is 13.1. The molecule has 0 radical (unpaired) electrons. The Balaban J connectivity index is 2.41. The van der Waals surface area contributed by atoms with E-state index in [1.54, 1.807) is 18.2 Å². The molecule has 0 saturated heterocycles. The van der Waals surface area contributed by atoms with Gasteiger partial charge in [-0.25, -0.2) is 4.79 Å². The van der Waals surface area contributed by atoms with Crippen LogP contribution in [0.4, 0.5) is 0 Å². The molecule has 1 aromatic heterocycles. The third-order valence-electron chi connectivity index (χ3n) is 2.98. The van der Waals surface area contributed by atoms with E-state index in [2.05, 4.69) is 4.98 Å². The molecule has 18 heavy (non-hydrogen) atoms. The summed E-state index contributed by atoms with van der Waals surface area (Å²) in [6, 6.07) is 6.50. The molecule has 0 bridgehead atoms. The maximum absolute atomic E-state index is 11.8. The Hall–Kier alpha value is -2.69. The molecule has 3 rings (SSSR count). The first-order valence-electron chi connectivity index (χ1n) is 5.24. The Morgan fingerprint density at radius 3 is 2.39 bits per heavy atom. The van der Waals surface area contributed by atoms with Gasteiger partial charge in [-0.1, -0.05) is 24.3 Å². The number of carboxylic acid groups (broad SMARTS) is 1. The molecule has 0 atom stereocenters. The molecule has 0 saturated carbocycles. The monoisotopic (exact) mass is 241 g/mol. The van der Waals surface area contributed by atoms with E-state index in [0.29, 0.717) is 11.1 Å². The lowest BCUT2D eigenvalue weighted by atomic mass is 9.86. The number of hydrogen-bond donors (Lipinski definition) is 2. The summed E-state index contributed by atoms with van der Waals surface area (Å²) in [5.74, 6) is -2.45. The fourth-order valence-electron chi connectivity index (χ4n) is 2.19. The summed E-state index contributed by atoms with van der Waals surface area (Å²) in [4.78, 5) is 37.4. The second-order valence-corrected chi connectivity index (χ2v) is 3.96. The lowest BCUT2D eigenvalue weighted by Crippen LogP contribution is -2.21. The molecule has 1 aliphatic rings. The number of nitrogens with one attached hydrogen (secondary N) is 1. The van der Waals surface area contributed by atoms with Crippen LogP contribution in [0.1, 0.15) is 31.2 Å². The fourth-order valence-corrected chi connectivity index (χ4v) is 2.19. The number of ketones is 2. The first-order valence-corrected chi connectivity index (χ1v) is 5.24. The zero-order valence-corrected chi connectivity index (χ0v) is 9.06. The van der Waals surface area contributed by atoms with E-state index in [1.807, 2.05) is 0 Å². The van der Waals surface area contributed by atoms with Gasteiger partial charge in [0.25, 0.3) is 0 Å². The number of aromatic nitrogens is 1. The van der Waals surface area contributed by atoms with Crippen molar-refractivity contribution in [3.8, 4) is 11.1 Å². The number of carbonyl (C=O) groups is 3. The fraction of sp³-hybridized carbons (Fsp3) is 0. The zero-order chi connectivity index (χ0) is 12.9. The zero-order valence-electron chi connectivity index (χ0n) is 9.06. The van der Waals surface area contributed by atoms with Crippen LogP contribution in [0.15, 0.2) is 30.5 Å². The molecule has 0 amide bonds. The molecule has 2 aromatic rings. The molecule has 0 aliphatic heterocycles. The molecule has 5 nitrogen and oxygen atoms in total. The smallest absolute Gasteiger partial charge is 0.337 e. The van der Waals surface area contributed by atoms with Crippen LogP contribution in [-0.2, 0) is 0 Å². The van der Waals surface area contributed by atoms with Crippen LogP contribution in [0.3, 0.4) is 0 Å². The maximum Gasteiger partial charge on any atom is 0.337 e. The third-order valence-corrected chi connectivity index (χ3v) is 2.98. The van der Waals surface area contributed by atoms with Gasteiger partial charge in [0.15, 0.2) is 0 Å². The number of aromatic amines is 1. The topological polar surface area (TPSA) is 87.2 Å². The number of hydrogen-bond acceptors (Lipinski definition) is 3. The highest BCUT2D eigenvalue weighted by molar-refractivity contribution is 6.52. The Morgan fingerprint density at radius 1 is 1.06 bits per heavy atom. The van der Waals surface area contributed by atoms with Crippen molar-refractivity contribution in [2.24, 2.45) is 0 Å². The first-order chi connectivity index (χ1) is 8.61. The summed E-state index contributed by atoms with van der Waals surface area (Å²) in [5, 5.41) is 9.09. The van der Waals surface area contributed by atoms with E-state index in [-0.39, 0.29) is 16.8 Å². The second-order valence-electron chi connectivity index (χ2n) is 3.96. The van der Waals surface area contributed by atoms with E-state index >= 15 is 0 Å². The molecule has 1 heterocycles. The summed E-state index contributed by atoms with van der Waals surface area (Å²) in [7, 11) is 0. The van der Waals surface area contributed by atoms with Crippen molar-refractivity contribution in [3.05, 3.63) is 47.3 Å². The van der Waals surface area contributed by atoms with Crippen molar-refractivity contribution < 1.29 is 19.5 Å². The summed E-state index contributed by atoms with van der Waals surface area (Å²) >= 11 is 0. The van der Waals surface area contributed by atoms with Gasteiger partial charge in [0.1, 0.15) is 0 Å². The van der Waals surface area contributed by atoms with Crippen LogP contribution >= 0.6 is 0 Å². The molecule has 2 N–H and O–H groups in total. The van der Waals surface area contributed by atoms with E-state index in [4.69, 9.17) is 5.11 Å². The average Bonchev–Trinajstić information content (AvgIpc) is 2.81. The van der Waals surface area contributed by atoms with Gasteiger partial charge < -0.3 is 10.1 Å². The standard InChI is InChI=1S/C13H7NO4/c15-11-7-4-2-1-3-6(7)9-8(13(17)18)5-14-10(9)12(11)16/h1-5,14H,(H,17,18). The van der Waals surface area contributed by atoms with Gasteiger partial charge in [-0.3, -0.25) is 9.59 Å². The minimum Gasteiger partial charge on any atom is -0.478 e. The highest BCUT2D eigenvalue weighted by atomic mass is 16.4. The molecule has 0 spiro atoms. The Labute approximate surface area is 101 Å². The van der Waals surface area contributed by atoms with Crippen LogP contribution < -0.4 is 0 Å². The maximum atomic E-state index is 11.8. The van der Waals surface area contributed by atoms with Crippen LogP contribution in [0, 0.1) is 0 Å². The number of Topliss-reactive ketones (excluding diaryl/α,β-unsaturated/α-hetero) is 2. The molecular formula is C13H7NO4. The van der Waals surface area contributed by atoms with E-state index in [9.17, 15) is 14.4 Å². The van der Waals surface area contributed by atoms with Crippen LogP contribution in [-0.4, -0.2) is 27.6 Å². The van der Waals surface area contributed by atoms with Crippen molar-refractivity contribution in [3.63, 3.8) is 0 Å². The lowest BCUT2D eigenvalue weighted by molar-refractivity contribution is 0.0697. The van der Waals surface area contributed by atoms with Gasteiger partial charge in [-0.15, -0.1) is 0 Å². The number of fused-ring (bicyclic) bond motifs is 3. The number of carbonyl (C=O) groups excluding carboxylic acids is 2. The second kappa shape index (κ2) is 3.40. The van der Waals surface area contributed by atoms with E-state index in [1.165, 1.54) is 12.3 Å². The molecule has 1 aliphatic carbocycles. The summed E-state index contributed by atoms with van der Waals surface area (Å²) in [6.45, 7) is 0. The number of carboxylic acids is 1. The summed E-state index contributed by atoms with van der Waals surface area (Å²) < 4.78 is 0. The average molecular weight is 241 g/mol. The quantitative estimate of drug-likeness (QED) is 0.744. The highest BCUT2D eigenvalue weighted by Crippen LogP contribution is 2.35. The summed E-state index contributed by atoms with van der Waals surface area (Å²) in [6.07, 6.45) is 1.24. The number of rotatable bonds is 1. The SMILES string of the molecule is O=C1C(=O)c2[nH]cc(C(=O)O)c2-c2ccccc21. The van der Waals surface area contributed by atoms with Crippen molar-refractivity contribution in [1.29, 1.82) is 0 Å². The van der Waals surface area contributed by atoms with Crippen LogP contribution in [0.2, 0.25) is 0 Å². The third kappa shape index (κ3) is 1.18. The first kappa shape index (κ1) is 10.5. The number of aromatic carboxylic acids is 1. The molecule has 0 fully saturated rings. The Bertz CT molecular complexity index is 712. The Morgan fingerprint density at radius 2 is 1.72 bits per heavy atom. The Kier molecular flexibility index (Phi) is 1.98. The van der Waals surface area contributed by atoms with Gasteiger partial charge in [-0.2, -0.15) is 0 Å². The molecule has 5 heteroatoms. The molecule has 88 valence electrons. The van der Waals surface area contributed by atoms with Crippen molar-refractivity contribution in [1.82, 2.24) is 4.98 Å². The van der Waals surface area contributed by atoms with Gasteiger partial charge in [0.2, 0.25) is 11.6 Å². The minimum atomic E-state index is -1.13. The van der Waals surface area contributed by atoms with Gasteiger partial charge in [0, 0.05) is 17.3 Å². The minimum absolute atomic E-state index is 0.00157. The highest BCUT2D eigenvalue weighted by Gasteiger charge is 2.34. The lowest BCUT2D eigenvalue weighted by Gasteiger charge is -2.14. The predicted molar refractivity (Wildman–Crippen MR) is 61.8 cm³/mol. The molecule has 1 aromatic carbocycles. The van der Waals surface area contributed by atoms with Crippen molar-refractivity contribution in [2.45, 2.75) is 0 Å². The largest absolute Gasteiger partial charge is 0.478 e. The predicted octanol–water partition coefficient (Wildman–Crippen LogP) is 1.76. The van der Waals surface area contributed by atoms with Gasteiger partial charge >= 0.3 is 5.97 Å². The molecular weight excluding hydrogens is 234 g/mol. The van der Waals surface area contributed by atoms with Crippen molar-refractivity contribution in [2.75, 3.05) is 0 Å². The number of H-pyrrole nitrogens is 1. The van der Waals surface area contributed by atoms with Crippen LogP contribution in [0.5, 0.6) is 0 Å². The van der Waals surface area contributed by atoms with Gasteiger partial charge in [0.05, 0.1) is 11.3 Å².